The van der Waals surface area contributed by atoms with Gasteiger partial charge in [-0.3, -0.25) is 4.90 Å². The van der Waals surface area contributed by atoms with E-state index in [4.69, 9.17) is 21.1 Å². The molecule has 1 aliphatic rings. The molecular formula is C17H31ClN2O7. The first-order chi connectivity index (χ1) is 12.7. The number of rotatable bonds is 10. The zero-order valence-corrected chi connectivity index (χ0v) is 16.5. The number of ether oxygens (including phenoxy) is 2. The molecule has 0 aromatic carbocycles. The largest absolute Gasteiger partial charge is 0.387 e. The maximum absolute atomic E-state index is 12.3. The SMILES string of the molecule is C=C(C)CN(C(=O)NCCCl)C(O)[C@H]1O[C@H](OCCCC)[C@H](O)[C@@H](O)[C@@H]1O. The van der Waals surface area contributed by atoms with Crippen LogP contribution in [-0.4, -0.2) is 93.9 Å². The highest BCUT2D eigenvalue weighted by molar-refractivity contribution is 6.18. The second-order valence-corrected chi connectivity index (χ2v) is 6.96. The Morgan fingerprint density at radius 2 is 2.00 bits per heavy atom. The minimum absolute atomic E-state index is 0.0120. The van der Waals surface area contributed by atoms with E-state index in [9.17, 15) is 25.2 Å². The number of nitrogens with one attached hydrogen (secondary N) is 1. The van der Waals surface area contributed by atoms with Gasteiger partial charge in [0, 0.05) is 25.6 Å². The lowest BCUT2D eigenvalue weighted by Crippen LogP contribution is -2.65. The van der Waals surface area contributed by atoms with E-state index in [0.717, 1.165) is 11.3 Å². The molecule has 6 atom stereocenters. The summed E-state index contributed by atoms with van der Waals surface area (Å²) in [5.74, 6) is 0.184. The van der Waals surface area contributed by atoms with Gasteiger partial charge in [-0.15, -0.1) is 11.6 Å². The van der Waals surface area contributed by atoms with Crippen LogP contribution < -0.4 is 5.32 Å². The number of amides is 2. The van der Waals surface area contributed by atoms with Crippen molar-refractivity contribution >= 4 is 17.6 Å². The maximum Gasteiger partial charge on any atom is 0.319 e. The lowest BCUT2D eigenvalue weighted by atomic mass is 9.97. The van der Waals surface area contributed by atoms with Crippen molar-refractivity contribution in [3.05, 3.63) is 12.2 Å². The number of carbonyl (C=O) groups is 1. The Balaban J connectivity index is 2.94. The van der Waals surface area contributed by atoms with Gasteiger partial charge in [0.2, 0.25) is 0 Å². The molecule has 158 valence electrons. The van der Waals surface area contributed by atoms with Gasteiger partial charge in [-0.05, 0) is 13.3 Å². The van der Waals surface area contributed by atoms with Crippen molar-refractivity contribution in [2.45, 2.75) is 63.6 Å². The number of hydrogen-bond acceptors (Lipinski definition) is 7. The first kappa shape index (κ1) is 24.1. The second kappa shape index (κ2) is 11.8. The molecule has 27 heavy (non-hydrogen) atoms. The monoisotopic (exact) mass is 410 g/mol. The van der Waals surface area contributed by atoms with E-state index in [-0.39, 0.29) is 25.6 Å². The normalized spacial score (nSPS) is 29.2. The van der Waals surface area contributed by atoms with Crippen LogP contribution in [0.25, 0.3) is 0 Å². The van der Waals surface area contributed by atoms with Crippen molar-refractivity contribution in [2.75, 3.05) is 25.6 Å². The lowest BCUT2D eigenvalue weighted by molar-refractivity contribution is -0.317. The molecule has 0 bridgehead atoms. The van der Waals surface area contributed by atoms with Crippen LogP contribution in [0.15, 0.2) is 12.2 Å². The van der Waals surface area contributed by atoms with Crippen LogP contribution in [0.4, 0.5) is 4.79 Å². The molecule has 0 saturated carbocycles. The molecule has 5 N–H and O–H groups in total. The van der Waals surface area contributed by atoms with E-state index in [1.54, 1.807) is 6.92 Å². The Morgan fingerprint density at radius 3 is 2.56 bits per heavy atom. The van der Waals surface area contributed by atoms with Crippen molar-refractivity contribution in [1.29, 1.82) is 0 Å². The molecule has 0 spiro atoms. The highest BCUT2D eigenvalue weighted by atomic mass is 35.5. The van der Waals surface area contributed by atoms with Gasteiger partial charge < -0.3 is 35.2 Å². The number of alkyl halides is 1. The molecule has 10 heteroatoms. The van der Waals surface area contributed by atoms with Gasteiger partial charge in [-0.1, -0.05) is 25.5 Å². The minimum Gasteiger partial charge on any atom is -0.387 e. The summed E-state index contributed by atoms with van der Waals surface area (Å²) in [6, 6.07) is -0.633. The zero-order chi connectivity index (χ0) is 20.6. The Kier molecular flexibility index (Phi) is 10.5. The van der Waals surface area contributed by atoms with Crippen LogP contribution in [0.2, 0.25) is 0 Å². The van der Waals surface area contributed by atoms with Crippen molar-refractivity contribution < 1.29 is 34.7 Å². The molecule has 1 fully saturated rings. The zero-order valence-electron chi connectivity index (χ0n) is 15.8. The molecular weight excluding hydrogens is 380 g/mol. The molecule has 1 unspecified atom stereocenters. The number of halogens is 1. The summed E-state index contributed by atoms with van der Waals surface area (Å²) in [5.41, 5.74) is 0.580. The van der Waals surface area contributed by atoms with Gasteiger partial charge in [0.25, 0.3) is 0 Å². The number of aliphatic hydroxyl groups excluding tert-OH is 4. The summed E-state index contributed by atoms with van der Waals surface area (Å²) < 4.78 is 10.9. The molecule has 0 aliphatic carbocycles. The molecule has 0 aromatic heterocycles. The number of carbonyl (C=O) groups excluding carboxylic acids is 1. The maximum atomic E-state index is 12.3. The predicted molar refractivity (Wildman–Crippen MR) is 99.2 cm³/mol. The van der Waals surface area contributed by atoms with Crippen LogP contribution >= 0.6 is 11.6 Å². The van der Waals surface area contributed by atoms with Crippen LogP contribution in [0.3, 0.4) is 0 Å². The van der Waals surface area contributed by atoms with Gasteiger partial charge in [0.15, 0.2) is 12.5 Å². The number of aliphatic hydroxyl groups is 4. The molecule has 1 heterocycles. The third-order valence-electron chi connectivity index (χ3n) is 4.07. The van der Waals surface area contributed by atoms with Crippen molar-refractivity contribution in [3.8, 4) is 0 Å². The van der Waals surface area contributed by atoms with Crippen molar-refractivity contribution in [1.82, 2.24) is 10.2 Å². The number of urea groups is 1. The fraction of sp³-hybridized carbons (Fsp3) is 0.824. The predicted octanol–water partition coefficient (Wildman–Crippen LogP) is -0.244. The topological polar surface area (TPSA) is 132 Å². The third kappa shape index (κ3) is 6.86. The van der Waals surface area contributed by atoms with E-state index in [1.165, 1.54) is 0 Å². The highest BCUT2D eigenvalue weighted by Crippen LogP contribution is 2.26. The third-order valence-corrected chi connectivity index (χ3v) is 4.26. The first-order valence-electron chi connectivity index (χ1n) is 8.98. The Bertz CT molecular complexity index is 482. The Labute approximate surface area is 164 Å². The van der Waals surface area contributed by atoms with Gasteiger partial charge in [-0.25, -0.2) is 4.79 Å². The van der Waals surface area contributed by atoms with Crippen molar-refractivity contribution in [2.24, 2.45) is 0 Å². The quantitative estimate of drug-likeness (QED) is 0.145. The minimum atomic E-state index is -1.63. The fourth-order valence-electron chi connectivity index (χ4n) is 2.61. The van der Waals surface area contributed by atoms with E-state index in [1.807, 2.05) is 6.92 Å². The summed E-state index contributed by atoms with van der Waals surface area (Å²) in [6.07, 6.45) is -7.42. The Hall–Kier alpha value is -0.940. The number of unbranched alkanes of at least 4 members (excludes halogenated alkanes) is 1. The van der Waals surface area contributed by atoms with Gasteiger partial charge >= 0.3 is 6.03 Å². The van der Waals surface area contributed by atoms with E-state index >= 15 is 0 Å². The molecule has 1 rings (SSSR count). The lowest BCUT2D eigenvalue weighted by Gasteiger charge is -2.44. The molecule has 0 aromatic rings. The summed E-state index contributed by atoms with van der Waals surface area (Å²) >= 11 is 5.57. The van der Waals surface area contributed by atoms with Gasteiger partial charge in [0.1, 0.15) is 24.4 Å². The van der Waals surface area contributed by atoms with Crippen LogP contribution in [0.5, 0.6) is 0 Å². The van der Waals surface area contributed by atoms with E-state index in [0.29, 0.717) is 12.0 Å². The highest BCUT2D eigenvalue weighted by Gasteiger charge is 2.48. The van der Waals surface area contributed by atoms with E-state index in [2.05, 4.69) is 11.9 Å². The molecule has 2 amide bonds. The van der Waals surface area contributed by atoms with E-state index < -0.39 is 43.0 Å². The van der Waals surface area contributed by atoms with Crippen LogP contribution in [0, 0.1) is 0 Å². The summed E-state index contributed by atoms with van der Waals surface area (Å²) in [6.45, 7) is 7.79. The van der Waals surface area contributed by atoms with Crippen LogP contribution in [-0.2, 0) is 9.47 Å². The van der Waals surface area contributed by atoms with Gasteiger partial charge in [-0.2, -0.15) is 0 Å². The Morgan fingerprint density at radius 1 is 1.33 bits per heavy atom. The molecule has 1 saturated heterocycles. The average Bonchev–Trinajstić information content (AvgIpc) is 2.63. The second-order valence-electron chi connectivity index (χ2n) is 6.58. The smallest absolute Gasteiger partial charge is 0.319 e. The summed E-state index contributed by atoms with van der Waals surface area (Å²) in [5, 5.41) is 43.6. The summed E-state index contributed by atoms with van der Waals surface area (Å²) in [7, 11) is 0. The fourth-order valence-corrected chi connectivity index (χ4v) is 2.71. The standard InChI is InChI=1S/C17H31ClN2O7/c1-4-5-8-26-16-13(23)11(21)12(22)14(27-16)15(24)20(9-10(2)3)17(25)19-7-6-18/h11-16,21-24H,2,4-9H2,1,3H3,(H,19,25)/t11-,12-,13+,14-,15?,16-/m0/s1. The van der Waals surface area contributed by atoms with Crippen molar-refractivity contribution in [3.63, 3.8) is 0 Å². The molecule has 9 nitrogen and oxygen atoms in total. The average molecular weight is 411 g/mol. The first-order valence-corrected chi connectivity index (χ1v) is 9.52. The van der Waals surface area contributed by atoms with Crippen LogP contribution in [0.1, 0.15) is 26.7 Å². The van der Waals surface area contributed by atoms with Gasteiger partial charge in [0.05, 0.1) is 0 Å². The number of nitrogens with zero attached hydrogens (tertiary/aromatic N) is 1. The summed E-state index contributed by atoms with van der Waals surface area (Å²) in [4.78, 5) is 13.4. The molecule has 0 radical (unpaired) electrons. The molecule has 1 aliphatic heterocycles. The number of hydrogen-bond donors (Lipinski definition) is 5.